The van der Waals surface area contributed by atoms with Crippen molar-refractivity contribution in [1.82, 2.24) is 9.80 Å². The fraction of sp³-hybridized carbons (Fsp3) is 0.542. The van der Waals surface area contributed by atoms with Crippen molar-refractivity contribution in [2.45, 2.75) is 66.2 Å². The van der Waals surface area contributed by atoms with E-state index in [1.54, 1.807) is 11.0 Å². The van der Waals surface area contributed by atoms with Gasteiger partial charge in [0.2, 0.25) is 5.91 Å². The number of phenols is 1. The van der Waals surface area contributed by atoms with Crippen LogP contribution in [0, 0.1) is 0 Å². The average molecular weight is 447 g/mol. The number of benzene rings is 1. The minimum Gasteiger partial charge on any atom is -0.507 e. The number of imide groups is 1. The number of aromatic hydroxyl groups is 1. The lowest BCUT2D eigenvalue weighted by molar-refractivity contribution is -0.135. The van der Waals surface area contributed by atoms with Crippen molar-refractivity contribution in [2.24, 2.45) is 0 Å². The summed E-state index contributed by atoms with van der Waals surface area (Å²) >= 11 is 0.842. The van der Waals surface area contributed by atoms with Gasteiger partial charge in [-0.1, -0.05) is 41.5 Å². The van der Waals surface area contributed by atoms with Gasteiger partial charge in [-0.3, -0.25) is 19.3 Å². The first kappa shape index (κ1) is 25.0. The molecular formula is C24H34N2O4S. The number of amides is 3. The number of nitrogens with zero attached hydrogens (tertiary/aromatic N) is 2. The van der Waals surface area contributed by atoms with Crippen LogP contribution in [0.25, 0.3) is 6.08 Å². The summed E-state index contributed by atoms with van der Waals surface area (Å²) in [6.45, 7) is 16.6. The highest BCUT2D eigenvalue weighted by atomic mass is 32.2. The number of thioether (sulfide) groups is 1. The van der Waals surface area contributed by atoms with Crippen LogP contribution in [-0.4, -0.2) is 51.6 Å². The second-order valence-electron chi connectivity index (χ2n) is 9.80. The minimum absolute atomic E-state index is 0.247. The van der Waals surface area contributed by atoms with E-state index in [4.69, 9.17) is 0 Å². The van der Waals surface area contributed by atoms with Crippen molar-refractivity contribution in [2.75, 3.05) is 19.6 Å². The lowest BCUT2D eigenvalue weighted by Gasteiger charge is -2.28. The van der Waals surface area contributed by atoms with E-state index in [9.17, 15) is 19.5 Å². The topological polar surface area (TPSA) is 77.9 Å². The van der Waals surface area contributed by atoms with Crippen molar-refractivity contribution in [3.8, 4) is 5.75 Å². The van der Waals surface area contributed by atoms with E-state index in [-0.39, 0.29) is 33.9 Å². The fourth-order valence-electron chi connectivity index (χ4n) is 3.48. The third-order valence-electron chi connectivity index (χ3n) is 5.33. The maximum atomic E-state index is 12.9. The highest BCUT2D eigenvalue weighted by Crippen LogP contribution is 2.41. The van der Waals surface area contributed by atoms with Gasteiger partial charge in [-0.05, 0) is 60.2 Å². The van der Waals surface area contributed by atoms with Crippen LogP contribution in [0.3, 0.4) is 0 Å². The van der Waals surface area contributed by atoms with Gasteiger partial charge in [0, 0.05) is 24.2 Å². The number of rotatable bonds is 5. The predicted molar refractivity (Wildman–Crippen MR) is 126 cm³/mol. The third-order valence-corrected chi connectivity index (χ3v) is 6.24. The van der Waals surface area contributed by atoms with Gasteiger partial charge in [0.05, 0.1) is 4.91 Å². The molecule has 1 fully saturated rings. The Labute approximate surface area is 189 Å². The SMILES string of the molecule is CCN(CC)C(=O)CN1C(=O)S/C(=C\c2cc(C(C)(C)C)c(O)c(C(C)(C)C)c2)C1=O. The molecule has 2 rings (SSSR count). The molecule has 1 saturated heterocycles. The molecule has 31 heavy (non-hydrogen) atoms. The molecule has 1 heterocycles. The highest BCUT2D eigenvalue weighted by molar-refractivity contribution is 8.18. The van der Waals surface area contributed by atoms with Crippen LogP contribution < -0.4 is 0 Å². The maximum absolute atomic E-state index is 12.9. The van der Waals surface area contributed by atoms with Gasteiger partial charge in [-0.15, -0.1) is 0 Å². The highest BCUT2D eigenvalue weighted by Gasteiger charge is 2.37. The van der Waals surface area contributed by atoms with Crippen LogP contribution in [0.2, 0.25) is 0 Å². The van der Waals surface area contributed by atoms with Crippen molar-refractivity contribution < 1.29 is 19.5 Å². The summed E-state index contributed by atoms with van der Waals surface area (Å²) in [4.78, 5) is 40.6. The molecule has 1 aliphatic heterocycles. The summed E-state index contributed by atoms with van der Waals surface area (Å²) in [7, 11) is 0. The molecule has 170 valence electrons. The molecule has 1 aromatic carbocycles. The number of carbonyl (C=O) groups is 3. The lowest BCUT2D eigenvalue weighted by atomic mass is 9.78. The van der Waals surface area contributed by atoms with Crippen molar-refractivity contribution in [3.63, 3.8) is 0 Å². The lowest BCUT2D eigenvalue weighted by Crippen LogP contribution is -2.41. The largest absolute Gasteiger partial charge is 0.507 e. The van der Waals surface area contributed by atoms with Gasteiger partial charge in [0.1, 0.15) is 12.3 Å². The normalized spacial score (nSPS) is 16.4. The van der Waals surface area contributed by atoms with E-state index >= 15 is 0 Å². The summed E-state index contributed by atoms with van der Waals surface area (Å²) in [6, 6.07) is 3.72. The zero-order chi connectivity index (χ0) is 23.7. The fourth-order valence-corrected chi connectivity index (χ4v) is 4.32. The van der Waals surface area contributed by atoms with Gasteiger partial charge in [0.15, 0.2) is 0 Å². The summed E-state index contributed by atoms with van der Waals surface area (Å²) < 4.78 is 0. The summed E-state index contributed by atoms with van der Waals surface area (Å²) in [5.41, 5.74) is 1.70. The van der Waals surface area contributed by atoms with Crippen molar-refractivity contribution in [1.29, 1.82) is 0 Å². The average Bonchev–Trinajstić information content (AvgIpc) is 2.89. The molecule has 0 aromatic heterocycles. The van der Waals surface area contributed by atoms with Crippen LogP contribution in [0.15, 0.2) is 17.0 Å². The summed E-state index contributed by atoms with van der Waals surface area (Å²) in [5.74, 6) is -0.448. The Morgan fingerprint density at radius 2 is 1.52 bits per heavy atom. The molecule has 3 amide bonds. The quantitative estimate of drug-likeness (QED) is 0.652. The molecule has 0 unspecified atom stereocenters. The zero-order valence-corrected chi connectivity index (χ0v) is 20.6. The zero-order valence-electron chi connectivity index (χ0n) is 19.8. The first-order valence-electron chi connectivity index (χ1n) is 10.6. The molecule has 0 radical (unpaired) electrons. The standard InChI is InChI=1S/C24H34N2O4S/c1-9-25(10-2)19(27)14-26-21(29)18(31-22(26)30)13-15-11-16(23(3,4)5)20(28)17(12-15)24(6,7)8/h11-13,28H,9-10,14H2,1-8H3/b18-13-. The first-order chi connectivity index (χ1) is 14.2. The molecule has 1 aliphatic rings. The van der Waals surface area contributed by atoms with E-state index in [2.05, 4.69) is 0 Å². The maximum Gasteiger partial charge on any atom is 0.294 e. The summed E-state index contributed by atoms with van der Waals surface area (Å²) in [6.07, 6.45) is 1.68. The molecule has 0 aliphatic carbocycles. The van der Waals surface area contributed by atoms with E-state index < -0.39 is 11.1 Å². The van der Waals surface area contributed by atoms with E-state index in [1.165, 1.54) is 0 Å². The Hall–Kier alpha value is -2.28. The smallest absolute Gasteiger partial charge is 0.294 e. The van der Waals surface area contributed by atoms with Crippen LogP contribution in [0.5, 0.6) is 5.75 Å². The van der Waals surface area contributed by atoms with E-state index in [0.717, 1.165) is 33.4 Å². The molecule has 1 aromatic rings. The minimum atomic E-state index is -0.460. The number of likely N-dealkylation sites (N-methyl/N-ethyl adjacent to an activating group) is 1. The van der Waals surface area contributed by atoms with Gasteiger partial charge < -0.3 is 10.0 Å². The molecule has 0 saturated carbocycles. The van der Waals surface area contributed by atoms with Crippen molar-refractivity contribution >= 4 is 34.9 Å². The van der Waals surface area contributed by atoms with Crippen LogP contribution in [0.1, 0.15) is 72.1 Å². The monoisotopic (exact) mass is 446 g/mol. The Balaban J connectivity index is 2.45. The number of phenolic OH excluding ortho intramolecular Hbond substituents is 1. The van der Waals surface area contributed by atoms with Gasteiger partial charge >= 0.3 is 0 Å². The van der Waals surface area contributed by atoms with Crippen molar-refractivity contribution in [3.05, 3.63) is 33.7 Å². The molecule has 0 bridgehead atoms. The molecule has 1 N–H and O–H groups in total. The van der Waals surface area contributed by atoms with Gasteiger partial charge in [-0.25, -0.2) is 0 Å². The van der Waals surface area contributed by atoms with Crippen LogP contribution in [0.4, 0.5) is 4.79 Å². The Bertz CT molecular complexity index is 883. The Morgan fingerprint density at radius 1 is 1.03 bits per heavy atom. The molecular weight excluding hydrogens is 412 g/mol. The van der Waals surface area contributed by atoms with Gasteiger partial charge in [-0.2, -0.15) is 0 Å². The van der Waals surface area contributed by atoms with E-state index in [0.29, 0.717) is 13.1 Å². The molecule has 0 atom stereocenters. The van der Waals surface area contributed by atoms with Crippen LogP contribution >= 0.6 is 11.8 Å². The molecule has 6 nitrogen and oxygen atoms in total. The van der Waals surface area contributed by atoms with Gasteiger partial charge in [0.25, 0.3) is 11.1 Å². The van der Waals surface area contributed by atoms with E-state index in [1.807, 2.05) is 67.5 Å². The predicted octanol–water partition coefficient (Wildman–Crippen LogP) is 4.89. The first-order valence-corrected chi connectivity index (χ1v) is 11.4. The summed E-state index contributed by atoms with van der Waals surface area (Å²) in [5, 5.41) is 10.4. The Kier molecular flexibility index (Phi) is 7.31. The second kappa shape index (κ2) is 9.07. The number of carbonyl (C=O) groups excluding carboxylic acids is 3. The molecule has 7 heteroatoms. The number of hydrogen-bond acceptors (Lipinski definition) is 5. The second-order valence-corrected chi connectivity index (χ2v) is 10.8. The third kappa shape index (κ3) is 5.50. The Morgan fingerprint density at radius 3 is 1.94 bits per heavy atom. The van der Waals surface area contributed by atoms with Crippen LogP contribution in [-0.2, 0) is 20.4 Å². The molecule has 0 spiro atoms. The number of hydrogen-bond donors (Lipinski definition) is 1.